The summed E-state index contributed by atoms with van der Waals surface area (Å²) in [6.45, 7) is 5.58. The zero-order valence-corrected chi connectivity index (χ0v) is 11.9. The molecule has 1 aromatic heterocycles. The van der Waals surface area contributed by atoms with Crippen molar-refractivity contribution in [3.05, 3.63) is 42.0 Å². The minimum Gasteiger partial charge on any atom is -0.382 e. The first kappa shape index (κ1) is 14.5. The molecule has 20 heavy (non-hydrogen) atoms. The quantitative estimate of drug-likeness (QED) is 0.798. The molecular weight excluding hydrogens is 255 g/mol. The number of para-hydroxylation sites is 1. The minimum absolute atomic E-state index is 0.234. The number of hydrogen-bond acceptors (Lipinski definition) is 3. The standard InChI is InChI=1S/C15H21FN4/c1-11(2)15-13(18-9-5-8-17)10-19-20(15)14-7-4-3-6-12(14)16/h3-4,6-7,10-11,18H,5,8-9,17H2,1-2H3. The Labute approximate surface area is 118 Å². The van der Waals surface area contributed by atoms with Gasteiger partial charge < -0.3 is 11.1 Å². The lowest BCUT2D eigenvalue weighted by atomic mass is 10.1. The van der Waals surface area contributed by atoms with Crippen molar-refractivity contribution < 1.29 is 4.39 Å². The molecule has 0 amide bonds. The Hall–Kier alpha value is -1.88. The molecule has 4 nitrogen and oxygen atoms in total. The molecular formula is C15H21FN4. The Bertz CT molecular complexity index is 563. The van der Waals surface area contributed by atoms with Gasteiger partial charge in [0.05, 0.1) is 17.6 Å². The highest BCUT2D eigenvalue weighted by Gasteiger charge is 2.17. The summed E-state index contributed by atoms with van der Waals surface area (Å²) in [4.78, 5) is 0. The van der Waals surface area contributed by atoms with Gasteiger partial charge in [0.1, 0.15) is 11.5 Å². The number of halogens is 1. The zero-order chi connectivity index (χ0) is 14.5. The number of aromatic nitrogens is 2. The van der Waals surface area contributed by atoms with E-state index in [2.05, 4.69) is 24.3 Å². The van der Waals surface area contributed by atoms with Crippen molar-refractivity contribution >= 4 is 5.69 Å². The van der Waals surface area contributed by atoms with Crippen molar-refractivity contribution in [3.8, 4) is 5.69 Å². The minimum atomic E-state index is -0.272. The molecule has 5 heteroatoms. The van der Waals surface area contributed by atoms with Crippen LogP contribution in [0.1, 0.15) is 31.9 Å². The van der Waals surface area contributed by atoms with E-state index in [0.717, 1.165) is 24.3 Å². The molecule has 2 aromatic rings. The zero-order valence-electron chi connectivity index (χ0n) is 11.9. The smallest absolute Gasteiger partial charge is 0.148 e. The van der Waals surface area contributed by atoms with Gasteiger partial charge in [0.25, 0.3) is 0 Å². The Morgan fingerprint density at radius 3 is 2.75 bits per heavy atom. The van der Waals surface area contributed by atoms with E-state index in [0.29, 0.717) is 12.2 Å². The lowest BCUT2D eigenvalue weighted by molar-refractivity contribution is 0.602. The average Bonchev–Trinajstić information content (AvgIpc) is 2.83. The number of nitrogens with zero attached hydrogens (tertiary/aromatic N) is 2. The molecule has 0 atom stereocenters. The average molecular weight is 276 g/mol. The van der Waals surface area contributed by atoms with Crippen molar-refractivity contribution in [2.75, 3.05) is 18.4 Å². The van der Waals surface area contributed by atoms with Crippen LogP contribution >= 0.6 is 0 Å². The topological polar surface area (TPSA) is 55.9 Å². The van der Waals surface area contributed by atoms with E-state index in [4.69, 9.17) is 5.73 Å². The van der Waals surface area contributed by atoms with E-state index >= 15 is 0 Å². The summed E-state index contributed by atoms with van der Waals surface area (Å²) in [5.74, 6) is -0.0384. The van der Waals surface area contributed by atoms with Crippen LogP contribution in [0.3, 0.4) is 0 Å². The van der Waals surface area contributed by atoms with Gasteiger partial charge in [-0.05, 0) is 31.0 Å². The first-order valence-corrected chi connectivity index (χ1v) is 6.92. The summed E-state index contributed by atoms with van der Waals surface area (Å²) in [6, 6.07) is 6.67. The van der Waals surface area contributed by atoms with E-state index in [9.17, 15) is 4.39 Å². The van der Waals surface area contributed by atoms with Crippen LogP contribution in [-0.2, 0) is 0 Å². The van der Waals surface area contributed by atoms with E-state index in [1.54, 1.807) is 23.0 Å². The predicted molar refractivity (Wildman–Crippen MR) is 79.8 cm³/mol. The third-order valence-corrected chi connectivity index (χ3v) is 3.13. The van der Waals surface area contributed by atoms with Gasteiger partial charge in [-0.1, -0.05) is 26.0 Å². The molecule has 0 bridgehead atoms. The number of benzene rings is 1. The summed E-state index contributed by atoms with van der Waals surface area (Å²) in [5, 5.41) is 7.65. The molecule has 0 saturated heterocycles. The fraction of sp³-hybridized carbons (Fsp3) is 0.400. The van der Waals surface area contributed by atoms with Crippen LogP contribution < -0.4 is 11.1 Å². The summed E-state index contributed by atoms with van der Waals surface area (Å²) < 4.78 is 15.6. The molecule has 0 unspecified atom stereocenters. The van der Waals surface area contributed by atoms with Crippen LogP contribution in [-0.4, -0.2) is 22.9 Å². The fourth-order valence-corrected chi connectivity index (χ4v) is 2.19. The predicted octanol–water partition coefficient (Wildman–Crippen LogP) is 2.90. The van der Waals surface area contributed by atoms with Gasteiger partial charge in [-0.25, -0.2) is 9.07 Å². The molecule has 0 aliphatic heterocycles. The Morgan fingerprint density at radius 1 is 1.35 bits per heavy atom. The number of hydrogen-bond donors (Lipinski definition) is 2. The van der Waals surface area contributed by atoms with Gasteiger partial charge in [0.2, 0.25) is 0 Å². The van der Waals surface area contributed by atoms with Crippen LogP contribution in [0.5, 0.6) is 0 Å². The van der Waals surface area contributed by atoms with Gasteiger partial charge >= 0.3 is 0 Å². The van der Waals surface area contributed by atoms with Crippen LogP contribution in [0.4, 0.5) is 10.1 Å². The van der Waals surface area contributed by atoms with E-state index < -0.39 is 0 Å². The summed E-state index contributed by atoms with van der Waals surface area (Å²) in [7, 11) is 0. The van der Waals surface area contributed by atoms with Gasteiger partial charge in [-0.2, -0.15) is 5.10 Å². The van der Waals surface area contributed by atoms with Crippen molar-refractivity contribution in [1.29, 1.82) is 0 Å². The SMILES string of the molecule is CC(C)c1c(NCCCN)cnn1-c1ccccc1F. The second-order valence-corrected chi connectivity index (χ2v) is 5.03. The normalized spacial score (nSPS) is 11.1. The molecule has 0 fully saturated rings. The largest absolute Gasteiger partial charge is 0.382 e. The molecule has 2 rings (SSSR count). The highest BCUT2D eigenvalue weighted by atomic mass is 19.1. The first-order valence-electron chi connectivity index (χ1n) is 6.92. The van der Waals surface area contributed by atoms with E-state index in [1.807, 2.05) is 6.07 Å². The molecule has 0 aliphatic rings. The second-order valence-electron chi connectivity index (χ2n) is 5.03. The van der Waals surface area contributed by atoms with Gasteiger partial charge in [-0.15, -0.1) is 0 Å². The molecule has 0 saturated carbocycles. The van der Waals surface area contributed by atoms with Gasteiger partial charge in [-0.3, -0.25) is 0 Å². The maximum absolute atomic E-state index is 13.9. The highest BCUT2D eigenvalue weighted by Crippen LogP contribution is 2.27. The lowest BCUT2D eigenvalue weighted by Crippen LogP contribution is -2.11. The number of anilines is 1. The van der Waals surface area contributed by atoms with Crippen molar-refractivity contribution in [1.82, 2.24) is 9.78 Å². The molecule has 0 aliphatic carbocycles. The Morgan fingerprint density at radius 2 is 2.10 bits per heavy atom. The number of rotatable bonds is 6. The van der Waals surface area contributed by atoms with Crippen LogP contribution in [0.15, 0.2) is 30.5 Å². The number of nitrogens with one attached hydrogen (secondary N) is 1. The van der Waals surface area contributed by atoms with Crippen molar-refractivity contribution in [3.63, 3.8) is 0 Å². The fourth-order valence-electron chi connectivity index (χ4n) is 2.19. The Kier molecular flexibility index (Phi) is 4.74. The summed E-state index contributed by atoms with van der Waals surface area (Å²) >= 11 is 0. The second kappa shape index (κ2) is 6.52. The van der Waals surface area contributed by atoms with Gasteiger partial charge in [0.15, 0.2) is 0 Å². The molecule has 1 aromatic carbocycles. The Balaban J connectivity index is 2.37. The lowest BCUT2D eigenvalue weighted by Gasteiger charge is -2.14. The molecule has 0 spiro atoms. The van der Waals surface area contributed by atoms with Gasteiger partial charge in [0, 0.05) is 6.54 Å². The van der Waals surface area contributed by atoms with Crippen LogP contribution in [0, 0.1) is 5.82 Å². The molecule has 108 valence electrons. The van der Waals surface area contributed by atoms with E-state index in [1.165, 1.54) is 6.07 Å². The first-order chi connectivity index (χ1) is 9.65. The number of nitrogens with two attached hydrogens (primary N) is 1. The maximum Gasteiger partial charge on any atom is 0.148 e. The van der Waals surface area contributed by atoms with Crippen LogP contribution in [0.2, 0.25) is 0 Å². The van der Waals surface area contributed by atoms with E-state index in [-0.39, 0.29) is 11.7 Å². The third-order valence-electron chi connectivity index (χ3n) is 3.13. The monoisotopic (exact) mass is 276 g/mol. The third kappa shape index (κ3) is 2.99. The van der Waals surface area contributed by atoms with Crippen LogP contribution in [0.25, 0.3) is 5.69 Å². The maximum atomic E-state index is 13.9. The molecule has 1 heterocycles. The summed E-state index contributed by atoms with van der Waals surface area (Å²) in [5.41, 5.74) is 7.89. The molecule has 0 radical (unpaired) electrons. The van der Waals surface area contributed by atoms with Crippen molar-refractivity contribution in [2.24, 2.45) is 5.73 Å². The molecule has 3 N–H and O–H groups in total. The summed E-state index contributed by atoms with van der Waals surface area (Å²) in [6.07, 6.45) is 2.64. The van der Waals surface area contributed by atoms with Crippen molar-refractivity contribution in [2.45, 2.75) is 26.2 Å². The highest BCUT2D eigenvalue weighted by molar-refractivity contribution is 5.51.